The second-order valence-electron chi connectivity index (χ2n) is 8.94. The van der Waals surface area contributed by atoms with Crippen LogP contribution in [0.15, 0.2) is 71.2 Å². The zero-order valence-corrected chi connectivity index (χ0v) is 21.8. The van der Waals surface area contributed by atoms with Crippen molar-refractivity contribution in [2.45, 2.75) is 31.8 Å². The highest BCUT2D eigenvalue weighted by atomic mass is 79.9. The average Bonchev–Trinajstić information content (AvgIpc) is 3.59. The molecule has 0 spiro atoms. The first kappa shape index (κ1) is 25.2. The van der Waals surface area contributed by atoms with E-state index in [1.807, 2.05) is 78.6 Å². The van der Waals surface area contributed by atoms with Gasteiger partial charge in [-0.25, -0.2) is 0 Å². The topological polar surface area (TPSA) is 60.8 Å². The third kappa shape index (κ3) is 5.19. The van der Waals surface area contributed by atoms with E-state index in [0.717, 1.165) is 39.6 Å². The molecule has 1 heterocycles. The van der Waals surface area contributed by atoms with Gasteiger partial charge in [0.1, 0.15) is 0 Å². The van der Waals surface area contributed by atoms with Gasteiger partial charge < -0.3 is 15.1 Å². The van der Waals surface area contributed by atoms with Crippen LogP contribution in [0.4, 0.5) is 0 Å². The lowest BCUT2D eigenvalue weighted by molar-refractivity contribution is 0.0676. The van der Waals surface area contributed by atoms with E-state index < -0.39 is 0 Å². The Labute approximate surface area is 218 Å². The number of hydrogen-bond donors (Lipinski definition) is 2. The van der Waals surface area contributed by atoms with Crippen LogP contribution < -0.4 is 0 Å². The molecule has 0 aromatic heterocycles. The van der Waals surface area contributed by atoms with Crippen molar-refractivity contribution in [2.24, 2.45) is 5.41 Å². The van der Waals surface area contributed by atoms with Gasteiger partial charge in [0.2, 0.25) is 0 Å². The van der Waals surface area contributed by atoms with Crippen LogP contribution in [0.1, 0.15) is 58.9 Å². The van der Waals surface area contributed by atoms with Crippen LogP contribution in [0.3, 0.4) is 0 Å². The number of rotatable bonds is 5. The molecule has 1 aliphatic carbocycles. The summed E-state index contributed by atoms with van der Waals surface area (Å²) in [4.78, 5) is 15.3. The molecule has 0 saturated heterocycles. The van der Waals surface area contributed by atoms with Crippen LogP contribution in [0, 0.1) is 5.41 Å². The van der Waals surface area contributed by atoms with Gasteiger partial charge in [0, 0.05) is 25.5 Å². The van der Waals surface area contributed by atoms with E-state index in [2.05, 4.69) is 15.9 Å². The zero-order chi connectivity index (χ0) is 24.5. The van der Waals surface area contributed by atoms with Crippen LogP contribution in [-0.4, -0.2) is 34.2 Å². The van der Waals surface area contributed by atoms with Gasteiger partial charge in [-0.15, -0.1) is 0 Å². The van der Waals surface area contributed by atoms with E-state index in [1.54, 1.807) is 0 Å². The second-order valence-corrected chi connectivity index (χ2v) is 10.7. The quantitative estimate of drug-likeness (QED) is 0.359. The number of aliphatic hydroxyl groups is 2. The van der Waals surface area contributed by atoms with Crippen molar-refractivity contribution in [2.75, 3.05) is 13.2 Å². The normalized spacial score (nSPS) is 18.7. The van der Waals surface area contributed by atoms with Gasteiger partial charge in [0.25, 0.3) is 5.91 Å². The fourth-order valence-corrected chi connectivity index (χ4v) is 4.80. The first-order valence-electron chi connectivity index (χ1n) is 11.1. The minimum Gasteiger partial charge on any atom is -0.396 e. The summed E-state index contributed by atoms with van der Waals surface area (Å²) < 4.78 is 0.894. The number of halogens is 3. The van der Waals surface area contributed by atoms with Crippen molar-refractivity contribution >= 4 is 45.0 Å². The Morgan fingerprint density at radius 3 is 2.03 bits per heavy atom. The SMILES string of the molecule is CC(c1ccc(Cl)cc1)N1C(=O)c2cc(Br)ccc2C1c1ccc(Cl)cc1.OCC1(CO)CC1. The zero-order valence-electron chi connectivity index (χ0n) is 18.7. The number of carbonyl (C=O) groups excluding carboxylic acids is 1. The lowest BCUT2D eigenvalue weighted by Crippen LogP contribution is -2.31. The van der Waals surface area contributed by atoms with Crippen LogP contribution in [0.2, 0.25) is 10.0 Å². The lowest BCUT2D eigenvalue weighted by atomic mass is 9.96. The van der Waals surface area contributed by atoms with Crippen molar-refractivity contribution in [3.05, 3.63) is 104 Å². The number of amides is 1. The molecule has 2 aliphatic rings. The van der Waals surface area contributed by atoms with Crippen molar-refractivity contribution in [3.8, 4) is 0 Å². The molecule has 0 bridgehead atoms. The Hall–Kier alpha value is -1.89. The Morgan fingerprint density at radius 1 is 0.971 bits per heavy atom. The van der Waals surface area contributed by atoms with E-state index in [4.69, 9.17) is 33.4 Å². The van der Waals surface area contributed by atoms with E-state index in [1.165, 1.54) is 0 Å². The van der Waals surface area contributed by atoms with E-state index in [0.29, 0.717) is 10.0 Å². The van der Waals surface area contributed by atoms with Gasteiger partial charge in [-0.3, -0.25) is 4.79 Å². The van der Waals surface area contributed by atoms with Crippen LogP contribution >= 0.6 is 39.1 Å². The maximum atomic E-state index is 13.3. The maximum absolute atomic E-state index is 13.3. The number of carbonyl (C=O) groups is 1. The molecule has 7 heteroatoms. The number of benzene rings is 3. The summed E-state index contributed by atoms with van der Waals surface area (Å²) in [5.74, 6) is 0.0219. The van der Waals surface area contributed by atoms with Crippen molar-refractivity contribution < 1.29 is 15.0 Å². The highest BCUT2D eigenvalue weighted by Crippen LogP contribution is 2.45. The molecular weight excluding hydrogens is 537 g/mol. The third-order valence-corrected chi connectivity index (χ3v) is 7.63. The molecule has 34 heavy (non-hydrogen) atoms. The van der Waals surface area contributed by atoms with Crippen molar-refractivity contribution in [3.63, 3.8) is 0 Å². The predicted octanol–water partition coefficient (Wildman–Crippen LogP) is 6.81. The van der Waals surface area contributed by atoms with Crippen LogP contribution in [0.5, 0.6) is 0 Å². The molecule has 1 aliphatic heterocycles. The molecule has 1 amide bonds. The summed E-state index contributed by atoms with van der Waals surface area (Å²) in [6.07, 6.45) is 2.00. The molecular formula is C27H26BrCl2NO3. The molecule has 3 aromatic rings. The monoisotopic (exact) mass is 561 g/mol. The number of aliphatic hydroxyl groups excluding tert-OH is 2. The standard InChI is InChI=1S/C22H16BrCl2NO.C5H10O2/c1-13(14-2-7-17(24)8-3-14)26-21(15-4-9-18(25)10-5-15)19-11-6-16(23)12-20(19)22(26)27;6-3-5(4-7)1-2-5/h2-13,21H,1H3;6-7H,1-4H2. The van der Waals surface area contributed by atoms with Gasteiger partial charge in [-0.1, -0.05) is 69.5 Å². The smallest absolute Gasteiger partial charge is 0.255 e. The largest absolute Gasteiger partial charge is 0.396 e. The fourth-order valence-electron chi connectivity index (χ4n) is 4.19. The highest BCUT2D eigenvalue weighted by molar-refractivity contribution is 9.10. The van der Waals surface area contributed by atoms with Gasteiger partial charge in [0.05, 0.1) is 25.3 Å². The fraction of sp³-hybridized carbons (Fsp3) is 0.296. The van der Waals surface area contributed by atoms with Gasteiger partial charge in [-0.2, -0.15) is 0 Å². The number of fused-ring (bicyclic) bond motifs is 1. The molecule has 2 N–H and O–H groups in total. The van der Waals surface area contributed by atoms with Crippen LogP contribution in [-0.2, 0) is 0 Å². The summed E-state index contributed by atoms with van der Waals surface area (Å²) in [6.45, 7) is 2.36. The Morgan fingerprint density at radius 2 is 1.53 bits per heavy atom. The van der Waals surface area contributed by atoms with Gasteiger partial charge in [0.15, 0.2) is 0 Å². The molecule has 1 fully saturated rings. The molecule has 5 rings (SSSR count). The Kier molecular flexibility index (Phi) is 7.70. The summed E-state index contributed by atoms with van der Waals surface area (Å²) in [6, 6.07) is 21.0. The first-order chi connectivity index (χ1) is 16.3. The molecule has 0 radical (unpaired) electrons. The van der Waals surface area contributed by atoms with Crippen LogP contribution in [0.25, 0.3) is 0 Å². The minimum absolute atomic E-state index is 0.0219. The van der Waals surface area contributed by atoms with Gasteiger partial charge >= 0.3 is 0 Å². The lowest BCUT2D eigenvalue weighted by Gasteiger charge is -2.32. The molecule has 1 saturated carbocycles. The predicted molar refractivity (Wildman–Crippen MR) is 139 cm³/mol. The third-order valence-electron chi connectivity index (χ3n) is 6.64. The number of hydrogen-bond acceptors (Lipinski definition) is 3. The Balaban J connectivity index is 0.000000336. The minimum atomic E-state index is -0.163. The Bertz CT molecular complexity index is 1160. The molecule has 3 aromatic carbocycles. The molecule has 2 unspecified atom stereocenters. The number of nitrogens with zero attached hydrogens (tertiary/aromatic N) is 1. The van der Waals surface area contributed by atoms with Gasteiger partial charge in [-0.05, 0) is 72.9 Å². The molecule has 178 valence electrons. The van der Waals surface area contributed by atoms with Crippen molar-refractivity contribution in [1.82, 2.24) is 4.90 Å². The summed E-state index contributed by atoms with van der Waals surface area (Å²) in [7, 11) is 0. The van der Waals surface area contributed by atoms with E-state index in [-0.39, 0.29) is 36.6 Å². The molecule has 4 nitrogen and oxygen atoms in total. The van der Waals surface area contributed by atoms with E-state index >= 15 is 0 Å². The van der Waals surface area contributed by atoms with E-state index in [9.17, 15) is 4.79 Å². The first-order valence-corrected chi connectivity index (χ1v) is 12.7. The average molecular weight is 563 g/mol. The maximum Gasteiger partial charge on any atom is 0.255 e. The highest BCUT2D eigenvalue weighted by Gasteiger charge is 2.41. The molecule has 2 atom stereocenters. The second kappa shape index (κ2) is 10.4. The summed E-state index contributed by atoms with van der Waals surface area (Å²) in [5.41, 5.74) is 3.75. The summed E-state index contributed by atoms with van der Waals surface area (Å²) in [5, 5.41) is 18.4. The van der Waals surface area contributed by atoms with Crippen molar-refractivity contribution in [1.29, 1.82) is 0 Å². The summed E-state index contributed by atoms with van der Waals surface area (Å²) >= 11 is 15.6.